The molecule has 1 rings (SSSR count). The van der Waals surface area contributed by atoms with E-state index in [1.807, 2.05) is 0 Å². The molecule has 1 N–H and O–H groups in total. The van der Waals surface area contributed by atoms with Gasteiger partial charge in [0.2, 0.25) is 0 Å². The van der Waals surface area contributed by atoms with Crippen LogP contribution < -0.4 is 5.32 Å². The first-order chi connectivity index (χ1) is 14.8. The van der Waals surface area contributed by atoms with Gasteiger partial charge in [-0.05, 0) is 56.4 Å². The van der Waals surface area contributed by atoms with Gasteiger partial charge in [0.05, 0.1) is 5.92 Å². The third kappa shape index (κ3) is 8.16. The Morgan fingerprint density at radius 3 is 2.28 bits per heavy atom. The zero-order valence-electron chi connectivity index (χ0n) is 18.2. The monoisotopic (exact) mass is 465 g/mol. The highest BCUT2D eigenvalue weighted by molar-refractivity contribution is 6.06. The number of benzene rings is 1. The van der Waals surface area contributed by atoms with Crippen molar-refractivity contribution in [2.45, 2.75) is 52.9 Å². The van der Waals surface area contributed by atoms with E-state index >= 15 is 0 Å². The lowest BCUT2D eigenvalue weighted by atomic mass is 9.87. The predicted molar refractivity (Wildman–Crippen MR) is 110 cm³/mol. The predicted octanol–water partition coefficient (Wildman–Crippen LogP) is 7.54. The fraction of sp³-hybridized carbons (Fsp3) is 0.435. The van der Waals surface area contributed by atoms with Crippen LogP contribution in [-0.2, 0) is 11.2 Å². The average Bonchev–Trinajstić information content (AvgIpc) is 2.62. The number of rotatable bonds is 9. The second kappa shape index (κ2) is 11.9. The summed E-state index contributed by atoms with van der Waals surface area (Å²) < 4.78 is 94.9. The average molecular weight is 465 g/mol. The number of anilines is 1. The van der Waals surface area contributed by atoms with Crippen LogP contribution in [0.2, 0.25) is 0 Å². The van der Waals surface area contributed by atoms with Gasteiger partial charge >= 0.3 is 6.18 Å². The second-order valence-corrected chi connectivity index (χ2v) is 7.45. The van der Waals surface area contributed by atoms with Crippen LogP contribution in [-0.4, -0.2) is 18.3 Å². The maximum atomic E-state index is 14.5. The molecule has 0 aliphatic carbocycles. The van der Waals surface area contributed by atoms with Crippen molar-refractivity contribution in [3.8, 4) is 0 Å². The SMILES string of the molecule is CCC=CC(C(C)Cc1ccc(NC(=O)C(C(F)=CC(C)F)=C(C)F)cc1F)C(F)(F)F. The van der Waals surface area contributed by atoms with Crippen molar-refractivity contribution in [2.24, 2.45) is 11.8 Å². The minimum absolute atomic E-state index is 0.00980. The number of alkyl halides is 4. The molecule has 2 nitrogen and oxygen atoms in total. The van der Waals surface area contributed by atoms with Crippen molar-refractivity contribution >= 4 is 11.6 Å². The summed E-state index contributed by atoms with van der Waals surface area (Å²) in [4.78, 5) is 12.2. The van der Waals surface area contributed by atoms with Gasteiger partial charge in [-0.3, -0.25) is 4.79 Å². The Hall–Kier alpha value is -2.58. The number of halogens is 7. The van der Waals surface area contributed by atoms with Gasteiger partial charge in [-0.2, -0.15) is 13.2 Å². The van der Waals surface area contributed by atoms with E-state index in [0.29, 0.717) is 12.5 Å². The van der Waals surface area contributed by atoms with Crippen LogP contribution in [0.1, 0.15) is 39.7 Å². The van der Waals surface area contributed by atoms with Crippen molar-refractivity contribution in [3.63, 3.8) is 0 Å². The molecule has 0 bridgehead atoms. The van der Waals surface area contributed by atoms with E-state index in [1.54, 1.807) is 6.92 Å². The molecule has 0 aliphatic heterocycles. The molecule has 3 unspecified atom stereocenters. The quantitative estimate of drug-likeness (QED) is 0.174. The Morgan fingerprint density at radius 2 is 1.81 bits per heavy atom. The normalized spacial score (nSPS) is 16.5. The van der Waals surface area contributed by atoms with Crippen molar-refractivity contribution in [3.05, 3.63) is 65.0 Å². The molecule has 0 fully saturated rings. The van der Waals surface area contributed by atoms with Crippen molar-refractivity contribution in [2.75, 3.05) is 5.32 Å². The molecule has 32 heavy (non-hydrogen) atoms. The molecule has 3 atom stereocenters. The van der Waals surface area contributed by atoms with Gasteiger partial charge in [0.15, 0.2) is 0 Å². The van der Waals surface area contributed by atoms with E-state index in [2.05, 4.69) is 5.32 Å². The van der Waals surface area contributed by atoms with Gasteiger partial charge in [-0.25, -0.2) is 17.6 Å². The summed E-state index contributed by atoms with van der Waals surface area (Å²) in [5, 5.41) is 2.10. The van der Waals surface area contributed by atoms with Crippen LogP contribution in [0.5, 0.6) is 0 Å². The lowest BCUT2D eigenvalue weighted by molar-refractivity contribution is -0.172. The highest BCUT2D eigenvalue weighted by atomic mass is 19.4. The molecule has 0 radical (unpaired) electrons. The molecular weight excluding hydrogens is 439 g/mol. The van der Waals surface area contributed by atoms with Crippen LogP contribution in [0.25, 0.3) is 0 Å². The number of carbonyl (C=O) groups is 1. The number of carbonyl (C=O) groups excluding carboxylic acids is 1. The lowest BCUT2D eigenvalue weighted by Crippen LogP contribution is -2.28. The van der Waals surface area contributed by atoms with Gasteiger partial charge < -0.3 is 5.32 Å². The van der Waals surface area contributed by atoms with Gasteiger partial charge in [-0.1, -0.05) is 32.1 Å². The maximum absolute atomic E-state index is 14.5. The van der Waals surface area contributed by atoms with Crippen LogP contribution in [0.3, 0.4) is 0 Å². The molecule has 0 heterocycles. The van der Waals surface area contributed by atoms with Gasteiger partial charge in [0, 0.05) is 5.69 Å². The summed E-state index contributed by atoms with van der Waals surface area (Å²) in [7, 11) is 0. The number of allylic oxidation sites excluding steroid dienone is 4. The zero-order chi connectivity index (χ0) is 24.6. The van der Waals surface area contributed by atoms with Crippen LogP contribution in [0, 0.1) is 17.7 Å². The molecule has 1 amide bonds. The van der Waals surface area contributed by atoms with Crippen molar-refractivity contribution in [1.82, 2.24) is 0 Å². The molecule has 0 aliphatic rings. The summed E-state index contributed by atoms with van der Waals surface area (Å²) in [6.07, 6.45) is -3.19. The molecule has 0 aromatic heterocycles. The van der Waals surface area contributed by atoms with E-state index in [-0.39, 0.29) is 17.7 Å². The van der Waals surface area contributed by atoms with Gasteiger partial charge in [-0.15, -0.1) is 0 Å². The fourth-order valence-electron chi connectivity index (χ4n) is 3.08. The van der Waals surface area contributed by atoms with E-state index in [4.69, 9.17) is 0 Å². The Morgan fingerprint density at radius 1 is 1.19 bits per heavy atom. The number of hydrogen-bond donors (Lipinski definition) is 1. The third-order valence-electron chi connectivity index (χ3n) is 4.61. The summed E-state index contributed by atoms with van der Waals surface area (Å²) >= 11 is 0. The van der Waals surface area contributed by atoms with Gasteiger partial charge in [0.25, 0.3) is 5.91 Å². The fourth-order valence-corrected chi connectivity index (χ4v) is 3.08. The van der Waals surface area contributed by atoms with E-state index in [9.17, 15) is 35.5 Å². The standard InChI is InChI=1S/C23H26F7NO/c1-5-6-7-18(23(28,29)30)13(2)10-16-8-9-17(12-19(16)26)31-22(32)21(15(4)25)20(27)11-14(3)24/h6-9,11-14,18H,5,10H2,1-4H3,(H,31,32). The summed E-state index contributed by atoms with van der Waals surface area (Å²) in [5.41, 5.74) is -1.21. The molecule has 1 aromatic rings. The van der Waals surface area contributed by atoms with E-state index in [1.165, 1.54) is 25.1 Å². The first-order valence-electron chi connectivity index (χ1n) is 9.99. The largest absolute Gasteiger partial charge is 0.395 e. The molecule has 178 valence electrons. The highest BCUT2D eigenvalue weighted by Crippen LogP contribution is 2.35. The minimum atomic E-state index is -4.49. The first-order valence-corrected chi connectivity index (χ1v) is 9.99. The maximum Gasteiger partial charge on any atom is 0.395 e. The molecule has 1 aromatic carbocycles. The topological polar surface area (TPSA) is 29.1 Å². The van der Waals surface area contributed by atoms with Crippen LogP contribution in [0.15, 0.2) is 53.7 Å². The Balaban J connectivity index is 3.05. The summed E-state index contributed by atoms with van der Waals surface area (Å²) in [5.74, 6) is -7.48. The number of hydrogen-bond acceptors (Lipinski definition) is 1. The van der Waals surface area contributed by atoms with Gasteiger partial charge in [0.1, 0.15) is 29.2 Å². The Labute approximate surface area is 182 Å². The van der Waals surface area contributed by atoms with Crippen LogP contribution in [0.4, 0.5) is 36.4 Å². The summed E-state index contributed by atoms with van der Waals surface area (Å²) in [6, 6.07) is 3.24. The Bertz CT molecular complexity index is 881. The first kappa shape index (κ1) is 27.5. The van der Waals surface area contributed by atoms with E-state index in [0.717, 1.165) is 26.0 Å². The van der Waals surface area contributed by atoms with E-state index < -0.39 is 53.1 Å². The summed E-state index contributed by atoms with van der Waals surface area (Å²) in [6.45, 7) is 4.85. The molecule has 0 spiro atoms. The molecular formula is C23H26F7NO. The third-order valence-corrected chi connectivity index (χ3v) is 4.61. The molecule has 9 heteroatoms. The molecule has 0 saturated carbocycles. The number of amides is 1. The number of nitrogens with one attached hydrogen (secondary N) is 1. The Kier molecular flexibility index (Phi) is 10.2. The van der Waals surface area contributed by atoms with Crippen molar-refractivity contribution in [1.29, 1.82) is 0 Å². The lowest BCUT2D eigenvalue weighted by Gasteiger charge is -2.24. The minimum Gasteiger partial charge on any atom is -0.322 e. The highest BCUT2D eigenvalue weighted by Gasteiger charge is 2.41. The second-order valence-electron chi connectivity index (χ2n) is 7.45. The van der Waals surface area contributed by atoms with Crippen molar-refractivity contribution < 1.29 is 35.5 Å². The smallest absolute Gasteiger partial charge is 0.322 e. The molecule has 0 saturated heterocycles. The zero-order valence-corrected chi connectivity index (χ0v) is 18.2. The van der Waals surface area contributed by atoms with Crippen LogP contribution >= 0.6 is 0 Å².